The van der Waals surface area contributed by atoms with Gasteiger partial charge in [-0.2, -0.15) is 0 Å². The summed E-state index contributed by atoms with van der Waals surface area (Å²) in [5.74, 6) is 0. The first kappa shape index (κ1) is 29.6. The average Bonchev–Trinajstić information content (AvgIpc) is 3.01. The lowest BCUT2D eigenvalue weighted by Crippen LogP contribution is -2.39. The lowest BCUT2D eigenvalue weighted by Gasteiger charge is -2.31. The zero-order chi connectivity index (χ0) is 28.7. The van der Waals surface area contributed by atoms with Gasteiger partial charge in [-0.1, -0.05) is 146 Å². The Morgan fingerprint density at radius 2 is 0.976 bits per heavy atom. The fraction of sp³-hybridized carbons (Fsp3) is 0.167. The van der Waals surface area contributed by atoms with E-state index in [1.54, 1.807) is 0 Å². The molecule has 0 fully saturated rings. The van der Waals surface area contributed by atoms with Crippen LogP contribution in [0.4, 0.5) is 0 Å². The summed E-state index contributed by atoms with van der Waals surface area (Å²) in [6, 6.07) is 52.0. The number of hydrogen-bond acceptors (Lipinski definition) is 1. The van der Waals surface area contributed by atoms with Gasteiger partial charge in [-0.05, 0) is 74.9 Å². The molecular weight excluding hydrogens is 556 g/mol. The average molecular weight is 594 g/mol. The maximum absolute atomic E-state index is 13.7. The van der Waals surface area contributed by atoms with Crippen LogP contribution >= 0.6 is 15.8 Å². The zero-order valence-electron chi connectivity index (χ0n) is 23.9. The van der Waals surface area contributed by atoms with Crippen LogP contribution in [-0.2, 0) is 11.0 Å². The highest BCUT2D eigenvalue weighted by molar-refractivity contribution is 7.84. The van der Waals surface area contributed by atoms with Gasteiger partial charge in [-0.15, -0.1) is 0 Å². The Bertz CT molecular complexity index is 1460. The predicted octanol–water partition coefficient (Wildman–Crippen LogP) is 6.67. The SMILES string of the molecule is CC(C)(C)[S@](=O)N[C@H](CP(c1ccccc1)c1ccccc1)c1ccccc1P(c1ccccc1)c1ccccc1. The minimum absolute atomic E-state index is 0.102. The van der Waals surface area contributed by atoms with Crippen molar-refractivity contribution in [1.82, 2.24) is 4.72 Å². The molecule has 0 spiro atoms. The van der Waals surface area contributed by atoms with Crippen molar-refractivity contribution in [3.05, 3.63) is 151 Å². The molecule has 0 heterocycles. The third kappa shape index (κ3) is 7.48. The molecule has 0 saturated heterocycles. The summed E-state index contributed by atoms with van der Waals surface area (Å²) < 4.78 is 17.0. The van der Waals surface area contributed by atoms with Crippen molar-refractivity contribution in [1.29, 1.82) is 0 Å². The fourth-order valence-corrected chi connectivity index (χ4v) is 10.7. The van der Waals surface area contributed by atoms with Crippen LogP contribution in [0.25, 0.3) is 0 Å². The maximum Gasteiger partial charge on any atom is 0.0976 e. The molecule has 0 amide bonds. The third-order valence-corrected chi connectivity index (χ3v) is 13.6. The van der Waals surface area contributed by atoms with E-state index in [0.717, 1.165) is 6.16 Å². The van der Waals surface area contributed by atoms with Crippen LogP contribution in [0.15, 0.2) is 146 Å². The number of nitrogens with one attached hydrogen (secondary N) is 1. The lowest BCUT2D eigenvalue weighted by molar-refractivity contribution is 0.618. The Balaban J connectivity index is 1.66. The van der Waals surface area contributed by atoms with Crippen molar-refractivity contribution in [2.24, 2.45) is 0 Å². The monoisotopic (exact) mass is 593 g/mol. The smallest absolute Gasteiger partial charge is 0.0976 e. The van der Waals surface area contributed by atoms with Crippen LogP contribution in [0.3, 0.4) is 0 Å². The topological polar surface area (TPSA) is 29.1 Å². The van der Waals surface area contributed by atoms with E-state index in [1.165, 1.54) is 32.1 Å². The van der Waals surface area contributed by atoms with E-state index in [1.807, 2.05) is 20.8 Å². The lowest BCUT2D eigenvalue weighted by atomic mass is 10.1. The second-order valence-electron chi connectivity index (χ2n) is 10.9. The van der Waals surface area contributed by atoms with Crippen molar-refractivity contribution in [2.75, 3.05) is 6.16 Å². The molecule has 0 aliphatic rings. The first-order valence-corrected chi connectivity index (χ1v) is 18.0. The molecule has 0 unspecified atom stereocenters. The van der Waals surface area contributed by atoms with Crippen LogP contribution in [0, 0.1) is 0 Å². The molecule has 0 bridgehead atoms. The predicted molar refractivity (Wildman–Crippen MR) is 183 cm³/mol. The highest BCUT2D eigenvalue weighted by Gasteiger charge is 2.30. The van der Waals surface area contributed by atoms with Gasteiger partial charge in [0.1, 0.15) is 0 Å². The van der Waals surface area contributed by atoms with Gasteiger partial charge in [-0.25, -0.2) is 8.93 Å². The molecule has 5 aromatic carbocycles. The van der Waals surface area contributed by atoms with E-state index >= 15 is 0 Å². The summed E-state index contributed by atoms with van der Waals surface area (Å²) in [6.45, 7) is 6.12. The molecule has 208 valence electrons. The normalized spacial score (nSPS) is 13.3. The number of benzene rings is 5. The molecule has 0 aromatic heterocycles. The van der Waals surface area contributed by atoms with E-state index in [2.05, 4.69) is 150 Å². The number of hydrogen-bond donors (Lipinski definition) is 1. The van der Waals surface area contributed by atoms with E-state index < -0.39 is 26.8 Å². The molecular formula is C36H37NOP2S. The summed E-state index contributed by atoms with van der Waals surface area (Å²) >= 11 is 0. The minimum Gasteiger partial charge on any atom is -0.242 e. The highest BCUT2D eigenvalue weighted by Crippen LogP contribution is 2.41. The zero-order valence-corrected chi connectivity index (χ0v) is 26.5. The molecule has 0 aliphatic carbocycles. The third-order valence-electron chi connectivity index (χ3n) is 6.89. The van der Waals surface area contributed by atoms with Gasteiger partial charge in [0, 0.05) is 6.04 Å². The molecule has 0 radical (unpaired) electrons. The second-order valence-corrected chi connectivity index (χ2v) is 17.3. The summed E-state index contributed by atoms with van der Waals surface area (Å²) in [6.07, 6.45) is 0.842. The maximum atomic E-state index is 13.7. The first-order valence-electron chi connectivity index (χ1n) is 14.0. The Kier molecular flexibility index (Phi) is 9.97. The molecule has 2 atom stereocenters. The fourth-order valence-electron chi connectivity index (χ4n) is 4.83. The Labute approximate surface area is 250 Å². The molecule has 5 aromatic rings. The standard InChI is InChI=1S/C36H37NOP2S/c1-36(2,3)41(38)37-34(28-39(29-18-8-4-9-19-29)30-20-10-5-11-21-30)33-26-16-17-27-35(33)40(31-22-12-6-13-23-31)32-24-14-7-15-25-32/h4-27,34,37H,28H2,1-3H3/t34-,41+/m1/s1. The van der Waals surface area contributed by atoms with Crippen molar-refractivity contribution in [3.8, 4) is 0 Å². The van der Waals surface area contributed by atoms with Crippen LogP contribution < -0.4 is 31.2 Å². The largest absolute Gasteiger partial charge is 0.242 e. The van der Waals surface area contributed by atoms with Crippen molar-refractivity contribution in [2.45, 2.75) is 31.6 Å². The molecule has 1 N–H and O–H groups in total. The molecule has 41 heavy (non-hydrogen) atoms. The van der Waals surface area contributed by atoms with Gasteiger partial charge in [0.05, 0.1) is 15.7 Å². The molecule has 2 nitrogen and oxygen atoms in total. The van der Waals surface area contributed by atoms with Gasteiger partial charge >= 0.3 is 0 Å². The van der Waals surface area contributed by atoms with E-state index in [-0.39, 0.29) is 10.8 Å². The van der Waals surface area contributed by atoms with Crippen molar-refractivity contribution in [3.63, 3.8) is 0 Å². The van der Waals surface area contributed by atoms with Gasteiger partial charge in [0.15, 0.2) is 0 Å². The summed E-state index contributed by atoms with van der Waals surface area (Å²) in [5, 5.41) is 6.58. The van der Waals surface area contributed by atoms with E-state index in [4.69, 9.17) is 0 Å². The molecule has 5 heteroatoms. The van der Waals surface area contributed by atoms with Crippen LogP contribution in [0.5, 0.6) is 0 Å². The van der Waals surface area contributed by atoms with Crippen LogP contribution in [-0.4, -0.2) is 15.1 Å². The summed E-state index contributed by atoms with van der Waals surface area (Å²) in [4.78, 5) is 0. The first-order chi connectivity index (χ1) is 19.9. The molecule has 0 saturated carbocycles. The second kappa shape index (κ2) is 13.8. The van der Waals surface area contributed by atoms with Gasteiger partial charge in [0.25, 0.3) is 0 Å². The number of rotatable bonds is 10. The highest BCUT2D eigenvalue weighted by atomic mass is 32.2. The van der Waals surface area contributed by atoms with Crippen molar-refractivity contribution >= 4 is 53.4 Å². The van der Waals surface area contributed by atoms with Gasteiger partial charge < -0.3 is 0 Å². The van der Waals surface area contributed by atoms with Crippen molar-refractivity contribution < 1.29 is 4.21 Å². The Hall–Kier alpha value is -2.93. The minimum atomic E-state index is -1.24. The van der Waals surface area contributed by atoms with Gasteiger partial charge in [-0.3, -0.25) is 0 Å². The van der Waals surface area contributed by atoms with E-state index in [0.29, 0.717) is 0 Å². The van der Waals surface area contributed by atoms with Gasteiger partial charge in [0.2, 0.25) is 0 Å². The summed E-state index contributed by atoms with van der Waals surface area (Å²) in [5.41, 5.74) is 1.23. The molecule has 0 aliphatic heterocycles. The summed E-state index contributed by atoms with van der Waals surface area (Å²) in [7, 11) is -2.77. The van der Waals surface area contributed by atoms with Crippen LogP contribution in [0.2, 0.25) is 0 Å². The van der Waals surface area contributed by atoms with E-state index in [9.17, 15) is 4.21 Å². The van der Waals surface area contributed by atoms with Crippen LogP contribution in [0.1, 0.15) is 32.4 Å². The molecule has 5 rings (SSSR count). The Morgan fingerprint density at radius 3 is 1.41 bits per heavy atom. The Morgan fingerprint density at radius 1 is 0.585 bits per heavy atom. The quantitative estimate of drug-likeness (QED) is 0.180.